The van der Waals surface area contributed by atoms with E-state index in [1.54, 1.807) is 0 Å². The van der Waals surface area contributed by atoms with E-state index in [1.165, 1.54) is 21.1 Å². The van der Waals surface area contributed by atoms with Crippen molar-refractivity contribution in [2.24, 2.45) is 0 Å². The van der Waals surface area contributed by atoms with Gasteiger partial charge in [-0.2, -0.15) is 0 Å². The molecular weight excluding hydrogens is 264 g/mol. The molecule has 2 nitrogen and oxygen atoms in total. The monoisotopic (exact) mass is 288 g/mol. The number of nitrogens with one attached hydrogen (secondary N) is 1. The van der Waals surface area contributed by atoms with Gasteiger partial charge in [0.1, 0.15) is 5.01 Å². The molecule has 0 aliphatic rings. The third kappa shape index (κ3) is 3.10. The molecule has 1 aromatic carbocycles. The van der Waals surface area contributed by atoms with Crippen LogP contribution in [-0.2, 0) is 18.4 Å². The quantitative estimate of drug-likeness (QED) is 0.864. The average Bonchev–Trinajstić information content (AvgIpc) is 2.85. The van der Waals surface area contributed by atoms with Crippen LogP contribution in [0.25, 0.3) is 0 Å². The first-order valence-corrected chi connectivity index (χ1v) is 8.10. The highest BCUT2D eigenvalue weighted by molar-refractivity contribution is 7.12. The lowest BCUT2D eigenvalue weighted by Crippen LogP contribution is -2.18. The smallest absolute Gasteiger partial charge is 0.103 e. The van der Waals surface area contributed by atoms with E-state index in [4.69, 9.17) is 4.98 Å². The van der Waals surface area contributed by atoms with Gasteiger partial charge in [-0.05, 0) is 32.9 Å². The molecule has 1 heterocycles. The number of hydrogen-bond donors (Lipinski definition) is 1. The Hall–Kier alpha value is -1.19. The first-order valence-electron chi connectivity index (χ1n) is 7.28. The zero-order valence-electron chi connectivity index (χ0n) is 12.9. The predicted octanol–water partition coefficient (Wildman–Crippen LogP) is 4.14. The number of nitrogens with zero attached hydrogens (tertiary/aromatic N) is 1. The van der Waals surface area contributed by atoms with Crippen molar-refractivity contribution in [3.05, 3.63) is 51.5 Å². The summed E-state index contributed by atoms with van der Waals surface area (Å²) in [6, 6.07) is 10.7. The van der Waals surface area contributed by atoms with Crippen LogP contribution in [0.3, 0.4) is 0 Å². The van der Waals surface area contributed by atoms with Crippen molar-refractivity contribution in [1.82, 2.24) is 10.3 Å². The van der Waals surface area contributed by atoms with Gasteiger partial charge in [-0.3, -0.25) is 0 Å². The highest BCUT2D eigenvalue weighted by Gasteiger charge is 2.27. The molecule has 0 fully saturated rings. The van der Waals surface area contributed by atoms with Gasteiger partial charge in [0.2, 0.25) is 0 Å². The number of aromatic nitrogens is 1. The molecule has 3 heteroatoms. The highest BCUT2D eigenvalue weighted by Crippen LogP contribution is 2.35. The summed E-state index contributed by atoms with van der Waals surface area (Å²) >= 11 is 1.85. The van der Waals surface area contributed by atoms with Crippen molar-refractivity contribution in [2.75, 3.05) is 7.05 Å². The lowest BCUT2D eigenvalue weighted by molar-refractivity contribution is 0.630. The lowest BCUT2D eigenvalue weighted by atomic mass is 9.85. The number of thiazole rings is 1. The van der Waals surface area contributed by atoms with Gasteiger partial charge in [0.15, 0.2) is 0 Å². The van der Waals surface area contributed by atoms with Crippen LogP contribution in [0.2, 0.25) is 0 Å². The Balaban J connectivity index is 2.39. The lowest BCUT2D eigenvalue weighted by Gasteiger charge is -2.22. The molecule has 0 radical (unpaired) electrons. The maximum absolute atomic E-state index is 4.95. The van der Waals surface area contributed by atoms with Crippen LogP contribution >= 0.6 is 11.3 Å². The van der Waals surface area contributed by atoms with E-state index in [0.29, 0.717) is 0 Å². The summed E-state index contributed by atoms with van der Waals surface area (Å²) in [5, 5.41) is 4.48. The van der Waals surface area contributed by atoms with Gasteiger partial charge in [-0.1, -0.05) is 43.7 Å². The topological polar surface area (TPSA) is 24.9 Å². The minimum atomic E-state index is -0.0274. The van der Waals surface area contributed by atoms with Crippen LogP contribution in [0.1, 0.15) is 48.3 Å². The molecule has 0 unspecified atom stereocenters. The average molecular weight is 288 g/mol. The molecule has 0 bridgehead atoms. The summed E-state index contributed by atoms with van der Waals surface area (Å²) < 4.78 is 0. The Morgan fingerprint density at radius 2 is 1.90 bits per heavy atom. The fourth-order valence-corrected chi connectivity index (χ4v) is 3.60. The normalized spacial score (nSPS) is 11.8. The third-order valence-electron chi connectivity index (χ3n) is 3.63. The molecule has 20 heavy (non-hydrogen) atoms. The second-order valence-corrected chi connectivity index (χ2v) is 6.74. The number of rotatable bonds is 6. The van der Waals surface area contributed by atoms with E-state index in [2.05, 4.69) is 56.4 Å². The van der Waals surface area contributed by atoms with Crippen molar-refractivity contribution in [3.8, 4) is 0 Å². The molecule has 0 saturated carbocycles. The van der Waals surface area contributed by atoms with Crippen LogP contribution in [0.15, 0.2) is 30.3 Å². The van der Waals surface area contributed by atoms with Gasteiger partial charge in [-0.25, -0.2) is 4.98 Å². The molecule has 0 atom stereocenters. The molecule has 0 spiro atoms. The van der Waals surface area contributed by atoms with Crippen molar-refractivity contribution >= 4 is 11.3 Å². The van der Waals surface area contributed by atoms with E-state index < -0.39 is 0 Å². The van der Waals surface area contributed by atoms with Gasteiger partial charge in [-0.15, -0.1) is 11.3 Å². The van der Waals surface area contributed by atoms with Gasteiger partial charge in [0, 0.05) is 16.8 Å². The molecule has 1 N–H and O–H groups in total. The molecule has 0 saturated heterocycles. The Morgan fingerprint density at radius 1 is 1.20 bits per heavy atom. The van der Waals surface area contributed by atoms with Gasteiger partial charge >= 0.3 is 0 Å². The molecule has 0 amide bonds. The summed E-state index contributed by atoms with van der Waals surface area (Å²) in [4.78, 5) is 6.33. The summed E-state index contributed by atoms with van der Waals surface area (Å²) in [5.41, 5.74) is 2.57. The van der Waals surface area contributed by atoms with Crippen molar-refractivity contribution in [2.45, 2.75) is 45.6 Å². The van der Waals surface area contributed by atoms with Crippen molar-refractivity contribution < 1.29 is 0 Å². The summed E-state index contributed by atoms with van der Waals surface area (Å²) in [6.45, 7) is 7.66. The van der Waals surface area contributed by atoms with E-state index in [0.717, 1.165) is 19.4 Å². The van der Waals surface area contributed by atoms with Gasteiger partial charge in [0.25, 0.3) is 0 Å². The fourth-order valence-electron chi connectivity index (χ4n) is 2.36. The van der Waals surface area contributed by atoms with Crippen molar-refractivity contribution in [1.29, 1.82) is 0 Å². The zero-order chi connectivity index (χ0) is 14.6. The van der Waals surface area contributed by atoms with Gasteiger partial charge < -0.3 is 5.32 Å². The number of benzene rings is 1. The summed E-state index contributed by atoms with van der Waals surface area (Å²) in [7, 11) is 2.00. The Morgan fingerprint density at radius 3 is 2.50 bits per heavy atom. The first kappa shape index (κ1) is 15.2. The van der Waals surface area contributed by atoms with E-state index >= 15 is 0 Å². The molecule has 2 aromatic rings. The standard InChI is InChI=1S/C17H24N2S/c1-5-9-14-15(12-18-4)20-16(19-14)17(2,3)13-10-7-6-8-11-13/h6-8,10-11,18H,5,9,12H2,1-4H3. The van der Waals surface area contributed by atoms with Crippen LogP contribution in [0.5, 0.6) is 0 Å². The second-order valence-electron chi connectivity index (χ2n) is 5.66. The SMILES string of the molecule is CCCc1nc(C(C)(C)c2ccccc2)sc1CNC. The maximum Gasteiger partial charge on any atom is 0.103 e. The highest BCUT2D eigenvalue weighted by atomic mass is 32.1. The van der Waals surface area contributed by atoms with E-state index in [-0.39, 0.29) is 5.41 Å². The number of hydrogen-bond acceptors (Lipinski definition) is 3. The van der Waals surface area contributed by atoms with Crippen LogP contribution in [0.4, 0.5) is 0 Å². The Bertz CT molecular complexity index is 520. The molecule has 0 aliphatic carbocycles. The maximum atomic E-state index is 4.95. The molecule has 0 aliphatic heterocycles. The minimum Gasteiger partial charge on any atom is -0.315 e. The van der Waals surface area contributed by atoms with Crippen LogP contribution in [0, 0.1) is 0 Å². The zero-order valence-corrected chi connectivity index (χ0v) is 13.7. The van der Waals surface area contributed by atoms with Crippen LogP contribution in [-0.4, -0.2) is 12.0 Å². The van der Waals surface area contributed by atoms with E-state index in [9.17, 15) is 0 Å². The predicted molar refractivity (Wildman–Crippen MR) is 87.4 cm³/mol. The largest absolute Gasteiger partial charge is 0.315 e. The summed E-state index contributed by atoms with van der Waals surface area (Å²) in [6.07, 6.45) is 2.21. The first-order chi connectivity index (χ1) is 9.59. The minimum absolute atomic E-state index is 0.0274. The summed E-state index contributed by atoms with van der Waals surface area (Å²) in [5.74, 6) is 0. The Labute approximate surface area is 126 Å². The molecular formula is C17H24N2S. The van der Waals surface area contributed by atoms with Crippen LogP contribution < -0.4 is 5.32 Å². The second kappa shape index (κ2) is 6.51. The Kier molecular flexibility index (Phi) is 4.95. The molecule has 1 aromatic heterocycles. The van der Waals surface area contributed by atoms with Gasteiger partial charge in [0.05, 0.1) is 5.69 Å². The fraction of sp³-hybridized carbons (Fsp3) is 0.471. The van der Waals surface area contributed by atoms with E-state index in [1.807, 2.05) is 18.4 Å². The molecule has 108 valence electrons. The number of aryl methyl sites for hydroxylation is 1. The van der Waals surface area contributed by atoms with Crippen molar-refractivity contribution in [3.63, 3.8) is 0 Å². The third-order valence-corrected chi connectivity index (χ3v) is 5.05. The molecule has 2 rings (SSSR count).